The van der Waals surface area contributed by atoms with Gasteiger partial charge in [0.2, 0.25) is 0 Å². The maximum Gasteiger partial charge on any atom is 0.141 e. The van der Waals surface area contributed by atoms with Gasteiger partial charge in [0, 0.05) is 18.0 Å². The number of hydrogen-bond donors (Lipinski definition) is 0. The Morgan fingerprint density at radius 2 is 2.08 bits per heavy atom. The molecule has 3 heterocycles. The number of hydrogen-bond acceptors (Lipinski definition) is 5. The highest BCUT2D eigenvalue weighted by Crippen LogP contribution is 2.45. The molecule has 1 fully saturated rings. The molecule has 2 aromatic heterocycles. The van der Waals surface area contributed by atoms with Crippen LogP contribution in [-0.2, 0) is 17.6 Å². The number of rotatable bonds is 3. The fourth-order valence-electron chi connectivity index (χ4n) is 4.06. The highest BCUT2D eigenvalue weighted by molar-refractivity contribution is 7.19. The maximum atomic E-state index is 5.52. The fourth-order valence-corrected chi connectivity index (χ4v) is 5.24. The standard InChI is InChI=1S/C19H27N3OS/c1-4-19(2,3)13-5-6-15-14(11-13)16-17(20-12-21-18(16)24-15)22-7-9-23-10-8-22/h12-13H,4-11H2,1-3H3/t13-/m0/s1. The second-order valence-corrected chi connectivity index (χ2v) is 8.85. The van der Waals surface area contributed by atoms with Crippen molar-refractivity contribution in [1.82, 2.24) is 9.97 Å². The van der Waals surface area contributed by atoms with E-state index in [2.05, 4.69) is 35.6 Å². The average Bonchev–Trinajstić information content (AvgIpc) is 3.00. The first-order valence-electron chi connectivity index (χ1n) is 9.18. The molecule has 4 rings (SSSR count). The average molecular weight is 346 g/mol. The number of aryl methyl sites for hydroxylation is 1. The van der Waals surface area contributed by atoms with E-state index in [1.165, 1.54) is 41.5 Å². The highest BCUT2D eigenvalue weighted by Gasteiger charge is 2.34. The predicted molar refractivity (Wildman–Crippen MR) is 100 cm³/mol. The Hall–Kier alpha value is -1.20. The summed E-state index contributed by atoms with van der Waals surface area (Å²) in [5, 5.41) is 1.33. The molecule has 0 saturated carbocycles. The molecule has 1 atom stereocenters. The van der Waals surface area contributed by atoms with Crippen molar-refractivity contribution in [1.29, 1.82) is 0 Å². The lowest BCUT2D eigenvalue weighted by molar-refractivity contribution is 0.122. The Morgan fingerprint density at radius 1 is 1.29 bits per heavy atom. The Labute approximate surface area is 148 Å². The molecule has 0 bridgehead atoms. The molecule has 2 aromatic rings. The van der Waals surface area contributed by atoms with Gasteiger partial charge in [0.05, 0.1) is 18.6 Å². The summed E-state index contributed by atoms with van der Waals surface area (Å²) >= 11 is 1.89. The van der Waals surface area contributed by atoms with Crippen molar-refractivity contribution in [2.24, 2.45) is 11.3 Å². The van der Waals surface area contributed by atoms with Crippen LogP contribution in [0.1, 0.15) is 44.1 Å². The van der Waals surface area contributed by atoms with Gasteiger partial charge in [-0.3, -0.25) is 0 Å². The van der Waals surface area contributed by atoms with Gasteiger partial charge in [0.25, 0.3) is 0 Å². The van der Waals surface area contributed by atoms with Crippen LogP contribution in [0.2, 0.25) is 0 Å². The van der Waals surface area contributed by atoms with Gasteiger partial charge in [-0.15, -0.1) is 11.3 Å². The Balaban J connectivity index is 1.77. The topological polar surface area (TPSA) is 38.2 Å². The third kappa shape index (κ3) is 2.72. The number of morpholine rings is 1. The van der Waals surface area contributed by atoms with E-state index in [-0.39, 0.29) is 0 Å². The first-order chi connectivity index (χ1) is 11.6. The van der Waals surface area contributed by atoms with E-state index in [4.69, 9.17) is 4.74 Å². The molecule has 1 aliphatic heterocycles. The van der Waals surface area contributed by atoms with Crippen molar-refractivity contribution in [3.63, 3.8) is 0 Å². The van der Waals surface area contributed by atoms with E-state index in [0.717, 1.165) is 38.0 Å². The maximum absolute atomic E-state index is 5.52. The molecule has 0 N–H and O–H groups in total. The van der Waals surface area contributed by atoms with E-state index < -0.39 is 0 Å². The molecule has 1 aliphatic carbocycles. The van der Waals surface area contributed by atoms with Crippen LogP contribution in [0.15, 0.2) is 6.33 Å². The van der Waals surface area contributed by atoms with Gasteiger partial charge in [-0.1, -0.05) is 27.2 Å². The number of thiophene rings is 1. The second-order valence-electron chi connectivity index (χ2n) is 7.76. The molecule has 5 heteroatoms. The van der Waals surface area contributed by atoms with Crippen molar-refractivity contribution >= 4 is 27.4 Å². The number of ether oxygens (including phenoxy) is 1. The Morgan fingerprint density at radius 3 is 2.83 bits per heavy atom. The Kier molecular flexibility index (Phi) is 4.25. The molecule has 2 aliphatic rings. The van der Waals surface area contributed by atoms with E-state index in [1.807, 2.05) is 11.3 Å². The minimum absolute atomic E-state index is 0.403. The minimum atomic E-state index is 0.403. The first-order valence-corrected chi connectivity index (χ1v) is 9.99. The van der Waals surface area contributed by atoms with Crippen molar-refractivity contribution in [3.05, 3.63) is 16.8 Å². The number of nitrogens with zero attached hydrogens (tertiary/aromatic N) is 3. The predicted octanol–water partition coefficient (Wildman–Crippen LogP) is 4.07. The molecule has 0 amide bonds. The molecular weight excluding hydrogens is 318 g/mol. The third-order valence-electron chi connectivity index (χ3n) is 6.15. The van der Waals surface area contributed by atoms with Crippen LogP contribution in [-0.4, -0.2) is 36.3 Å². The SMILES string of the molecule is CCC(C)(C)[C@H]1CCc2sc3ncnc(N4CCOCC4)c3c2C1. The zero-order chi connectivity index (χ0) is 16.7. The molecular formula is C19H27N3OS. The van der Waals surface area contributed by atoms with Crippen LogP contribution in [0.4, 0.5) is 5.82 Å². The molecule has 0 unspecified atom stereocenters. The lowest BCUT2D eigenvalue weighted by Gasteiger charge is -2.36. The summed E-state index contributed by atoms with van der Waals surface area (Å²) in [7, 11) is 0. The Bertz CT molecular complexity index is 734. The lowest BCUT2D eigenvalue weighted by atomic mass is 9.69. The zero-order valence-corrected chi connectivity index (χ0v) is 15.8. The van der Waals surface area contributed by atoms with E-state index in [0.29, 0.717) is 5.41 Å². The molecule has 24 heavy (non-hydrogen) atoms. The van der Waals surface area contributed by atoms with Gasteiger partial charge < -0.3 is 9.64 Å². The summed E-state index contributed by atoms with van der Waals surface area (Å²) in [5.41, 5.74) is 1.94. The van der Waals surface area contributed by atoms with Crippen LogP contribution < -0.4 is 4.90 Å². The highest BCUT2D eigenvalue weighted by atomic mass is 32.1. The molecule has 0 aromatic carbocycles. The smallest absolute Gasteiger partial charge is 0.141 e. The normalized spacial score (nSPS) is 22.0. The van der Waals surface area contributed by atoms with E-state index in [1.54, 1.807) is 11.2 Å². The van der Waals surface area contributed by atoms with Crippen molar-refractivity contribution in [2.75, 3.05) is 31.2 Å². The van der Waals surface area contributed by atoms with Gasteiger partial charge >= 0.3 is 0 Å². The fraction of sp³-hybridized carbons (Fsp3) is 0.684. The zero-order valence-electron chi connectivity index (χ0n) is 15.0. The molecule has 4 nitrogen and oxygen atoms in total. The summed E-state index contributed by atoms with van der Waals surface area (Å²) in [5.74, 6) is 1.89. The van der Waals surface area contributed by atoms with Crippen molar-refractivity contribution in [2.45, 2.75) is 46.5 Å². The quantitative estimate of drug-likeness (QED) is 0.840. The van der Waals surface area contributed by atoms with E-state index in [9.17, 15) is 0 Å². The molecule has 0 radical (unpaired) electrons. The van der Waals surface area contributed by atoms with Crippen molar-refractivity contribution in [3.8, 4) is 0 Å². The molecule has 1 saturated heterocycles. The van der Waals surface area contributed by atoms with Crippen molar-refractivity contribution < 1.29 is 4.74 Å². The third-order valence-corrected chi connectivity index (χ3v) is 7.35. The number of anilines is 1. The van der Waals surface area contributed by atoms with E-state index >= 15 is 0 Å². The van der Waals surface area contributed by atoms with Crippen LogP contribution in [0.3, 0.4) is 0 Å². The summed E-state index contributed by atoms with van der Waals surface area (Å²) in [6, 6.07) is 0. The summed E-state index contributed by atoms with van der Waals surface area (Å²) < 4.78 is 5.52. The van der Waals surface area contributed by atoms with Gasteiger partial charge in [-0.25, -0.2) is 9.97 Å². The summed E-state index contributed by atoms with van der Waals surface area (Å²) in [4.78, 5) is 14.4. The molecule has 0 spiro atoms. The second kappa shape index (κ2) is 6.26. The van der Waals surface area contributed by atoms with Crippen LogP contribution in [0.25, 0.3) is 10.2 Å². The summed E-state index contributed by atoms with van der Waals surface area (Å²) in [6.45, 7) is 10.6. The van der Waals surface area contributed by atoms with Gasteiger partial charge in [0.15, 0.2) is 0 Å². The molecule has 130 valence electrons. The number of fused-ring (bicyclic) bond motifs is 3. The van der Waals surface area contributed by atoms with Gasteiger partial charge in [-0.05, 0) is 36.2 Å². The number of aromatic nitrogens is 2. The minimum Gasteiger partial charge on any atom is -0.378 e. The monoisotopic (exact) mass is 345 g/mol. The van der Waals surface area contributed by atoms with Crippen LogP contribution in [0.5, 0.6) is 0 Å². The first kappa shape index (κ1) is 16.3. The summed E-state index contributed by atoms with van der Waals surface area (Å²) in [6.07, 6.45) is 6.67. The van der Waals surface area contributed by atoms with Crippen LogP contribution >= 0.6 is 11.3 Å². The van der Waals surface area contributed by atoms with Crippen LogP contribution in [0, 0.1) is 11.3 Å². The lowest BCUT2D eigenvalue weighted by Crippen LogP contribution is -2.37. The van der Waals surface area contributed by atoms with Gasteiger partial charge in [-0.2, -0.15) is 0 Å². The van der Waals surface area contributed by atoms with Gasteiger partial charge in [0.1, 0.15) is 17.0 Å². The largest absolute Gasteiger partial charge is 0.378 e.